The lowest BCUT2D eigenvalue weighted by molar-refractivity contribution is 0.0665. The zero-order valence-electron chi connectivity index (χ0n) is 9.75. The molecule has 1 atom stereocenters. The molecule has 1 aromatic carbocycles. The van der Waals surface area contributed by atoms with Crippen LogP contribution in [0, 0.1) is 0 Å². The minimum Gasteiger partial charge on any atom is -0.313 e. The fraction of sp³-hybridized carbons (Fsp3) is 0.538. The molecule has 1 aliphatic heterocycles. The summed E-state index contributed by atoms with van der Waals surface area (Å²) in [6, 6.07) is 10.4. The van der Waals surface area contributed by atoms with Gasteiger partial charge in [0.05, 0.1) is 5.54 Å². The molecular weight excluding hydrogens is 203 g/mol. The number of halogens is 1. The van der Waals surface area contributed by atoms with Crippen molar-refractivity contribution >= 4 is 0 Å². The smallest absolute Gasteiger partial charge is 0.102 e. The fourth-order valence-electron chi connectivity index (χ4n) is 2.45. The number of hydrogen-bond acceptors (Lipinski definition) is 2. The summed E-state index contributed by atoms with van der Waals surface area (Å²) in [6.07, 6.45) is 0. The molecule has 1 N–H and O–H groups in total. The van der Waals surface area contributed by atoms with Gasteiger partial charge in [-0.15, -0.1) is 0 Å². The average Bonchev–Trinajstić information content (AvgIpc) is 2.34. The van der Waals surface area contributed by atoms with Crippen LogP contribution in [-0.2, 0) is 5.54 Å². The lowest BCUT2D eigenvalue weighted by Crippen LogP contribution is -2.57. The Hall–Kier alpha value is -0.930. The van der Waals surface area contributed by atoms with Crippen molar-refractivity contribution in [3.63, 3.8) is 0 Å². The Morgan fingerprint density at radius 3 is 2.81 bits per heavy atom. The minimum atomic E-state index is -0.275. The third-order valence-electron chi connectivity index (χ3n) is 3.48. The maximum Gasteiger partial charge on any atom is 0.102 e. The summed E-state index contributed by atoms with van der Waals surface area (Å²) >= 11 is 0. The standard InChI is InChI=1S/C13H19FN2/c1-13(12-5-3-2-4-6-12)11-15-8-10-16(13)9-7-14/h2-6,15H,7-11H2,1H3. The number of alkyl halides is 1. The second kappa shape index (κ2) is 4.93. The lowest BCUT2D eigenvalue weighted by Gasteiger charge is -2.45. The zero-order valence-corrected chi connectivity index (χ0v) is 9.75. The Balaban J connectivity index is 2.26. The third kappa shape index (κ3) is 2.11. The van der Waals surface area contributed by atoms with Gasteiger partial charge >= 0.3 is 0 Å². The van der Waals surface area contributed by atoms with Crippen molar-refractivity contribution in [2.75, 3.05) is 32.9 Å². The molecule has 2 rings (SSSR count). The van der Waals surface area contributed by atoms with Crippen LogP contribution in [-0.4, -0.2) is 37.8 Å². The van der Waals surface area contributed by atoms with Crippen molar-refractivity contribution in [3.05, 3.63) is 35.9 Å². The van der Waals surface area contributed by atoms with Crippen molar-refractivity contribution in [1.82, 2.24) is 10.2 Å². The SMILES string of the molecule is CC1(c2ccccc2)CNCCN1CCF. The predicted molar refractivity (Wildman–Crippen MR) is 64.2 cm³/mol. The maximum atomic E-state index is 12.6. The van der Waals surface area contributed by atoms with Gasteiger partial charge in [-0.05, 0) is 12.5 Å². The number of benzene rings is 1. The largest absolute Gasteiger partial charge is 0.313 e. The molecule has 0 amide bonds. The van der Waals surface area contributed by atoms with E-state index in [1.165, 1.54) is 5.56 Å². The molecule has 16 heavy (non-hydrogen) atoms. The van der Waals surface area contributed by atoms with Crippen molar-refractivity contribution in [1.29, 1.82) is 0 Å². The molecule has 1 heterocycles. The first kappa shape index (κ1) is 11.6. The van der Waals surface area contributed by atoms with E-state index in [9.17, 15) is 4.39 Å². The van der Waals surface area contributed by atoms with Gasteiger partial charge in [-0.3, -0.25) is 4.90 Å². The second-order valence-corrected chi connectivity index (χ2v) is 4.49. The molecule has 0 aromatic heterocycles. The van der Waals surface area contributed by atoms with Crippen LogP contribution in [0.4, 0.5) is 4.39 Å². The van der Waals surface area contributed by atoms with Gasteiger partial charge in [0.2, 0.25) is 0 Å². The molecular formula is C13H19FN2. The van der Waals surface area contributed by atoms with Gasteiger partial charge in [-0.25, -0.2) is 4.39 Å². The quantitative estimate of drug-likeness (QED) is 0.838. The van der Waals surface area contributed by atoms with Crippen LogP contribution in [0.15, 0.2) is 30.3 Å². The molecule has 2 nitrogen and oxygen atoms in total. The molecule has 1 saturated heterocycles. The summed E-state index contributed by atoms with van der Waals surface area (Å²) in [6.45, 7) is 5.18. The number of nitrogens with zero attached hydrogens (tertiary/aromatic N) is 1. The van der Waals surface area contributed by atoms with Crippen LogP contribution in [0.25, 0.3) is 0 Å². The maximum absolute atomic E-state index is 12.6. The highest BCUT2D eigenvalue weighted by Gasteiger charge is 2.35. The first-order chi connectivity index (χ1) is 7.77. The van der Waals surface area contributed by atoms with Crippen LogP contribution >= 0.6 is 0 Å². The van der Waals surface area contributed by atoms with Crippen LogP contribution in [0.5, 0.6) is 0 Å². The van der Waals surface area contributed by atoms with Gasteiger partial charge in [0.15, 0.2) is 0 Å². The van der Waals surface area contributed by atoms with E-state index in [0.717, 1.165) is 19.6 Å². The Morgan fingerprint density at radius 2 is 2.12 bits per heavy atom. The monoisotopic (exact) mass is 222 g/mol. The van der Waals surface area contributed by atoms with E-state index in [0.29, 0.717) is 6.54 Å². The van der Waals surface area contributed by atoms with Gasteiger partial charge in [0, 0.05) is 26.2 Å². The van der Waals surface area contributed by atoms with Gasteiger partial charge in [-0.2, -0.15) is 0 Å². The Bertz CT molecular complexity index is 326. The van der Waals surface area contributed by atoms with E-state index in [-0.39, 0.29) is 12.2 Å². The van der Waals surface area contributed by atoms with Crippen LogP contribution < -0.4 is 5.32 Å². The molecule has 1 unspecified atom stereocenters. The first-order valence-corrected chi connectivity index (χ1v) is 5.84. The van der Waals surface area contributed by atoms with Crippen LogP contribution in [0.3, 0.4) is 0 Å². The van der Waals surface area contributed by atoms with Crippen molar-refractivity contribution in [3.8, 4) is 0 Å². The average molecular weight is 222 g/mol. The third-order valence-corrected chi connectivity index (χ3v) is 3.48. The second-order valence-electron chi connectivity index (χ2n) is 4.49. The molecule has 1 aliphatic rings. The van der Waals surface area contributed by atoms with Crippen molar-refractivity contribution < 1.29 is 4.39 Å². The molecule has 0 spiro atoms. The van der Waals surface area contributed by atoms with Crippen LogP contribution in [0.1, 0.15) is 12.5 Å². The molecule has 3 heteroatoms. The molecule has 0 aliphatic carbocycles. The topological polar surface area (TPSA) is 15.3 Å². The van der Waals surface area contributed by atoms with Gasteiger partial charge in [0.25, 0.3) is 0 Å². The summed E-state index contributed by atoms with van der Waals surface area (Å²) < 4.78 is 12.6. The molecule has 1 fully saturated rings. The lowest BCUT2D eigenvalue weighted by atomic mass is 9.88. The van der Waals surface area contributed by atoms with Crippen molar-refractivity contribution in [2.45, 2.75) is 12.5 Å². The summed E-state index contributed by atoms with van der Waals surface area (Å²) in [5.74, 6) is 0. The summed E-state index contributed by atoms with van der Waals surface area (Å²) in [5, 5.41) is 3.40. The van der Waals surface area contributed by atoms with Gasteiger partial charge in [0.1, 0.15) is 6.67 Å². The fourth-order valence-corrected chi connectivity index (χ4v) is 2.45. The Labute approximate surface area is 96.5 Å². The van der Waals surface area contributed by atoms with E-state index in [1.807, 2.05) is 18.2 Å². The summed E-state index contributed by atoms with van der Waals surface area (Å²) in [7, 11) is 0. The predicted octanol–water partition coefficient (Wildman–Crippen LogP) is 1.78. The summed E-state index contributed by atoms with van der Waals surface area (Å²) in [4.78, 5) is 2.23. The molecule has 88 valence electrons. The van der Waals surface area contributed by atoms with E-state index >= 15 is 0 Å². The van der Waals surface area contributed by atoms with Crippen LogP contribution in [0.2, 0.25) is 0 Å². The zero-order chi connectivity index (χ0) is 11.4. The number of piperazine rings is 1. The van der Waals surface area contributed by atoms with Gasteiger partial charge in [-0.1, -0.05) is 30.3 Å². The highest BCUT2D eigenvalue weighted by molar-refractivity contribution is 5.25. The van der Waals surface area contributed by atoms with E-state index in [4.69, 9.17) is 0 Å². The Morgan fingerprint density at radius 1 is 1.38 bits per heavy atom. The van der Waals surface area contributed by atoms with E-state index < -0.39 is 0 Å². The molecule has 0 bridgehead atoms. The highest BCUT2D eigenvalue weighted by atomic mass is 19.1. The minimum absolute atomic E-state index is 0.0778. The summed E-state index contributed by atoms with van der Waals surface area (Å²) in [5.41, 5.74) is 1.18. The first-order valence-electron chi connectivity index (χ1n) is 5.84. The van der Waals surface area contributed by atoms with E-state index in [1.54, 1.807) is 0 Å². The number of rotatable bonds is 3. The number of nitrogens with one attached hydrogen (secondary N) is 1. The van der Waals surface area contributed by atoms with Gasteiger partial charge < -0.3 is 5.32 Å². The molecule has 1 aromatic rings. The Kier molecular flexibility index (Phi) is 3.56. The normalized spacial score (nSPS) is 26.9. The number of hydrogen-bond donors (Lipinski definition) is 1. The molecule has 0 saturated carbocycles. The van der Waals surface area contributed by atoms with E-state index in [2.05, 4.69) is 29.3 Å². The van der Waals surface area contributed by atoms with Crippen molar-refractivity contribution in [2.24, 2.45) is 0 Å². The molecule has 0 radical (unpaired) electrons. The highest BCUT2D eigenvalue weighted by Crippen LogP contribution is 2.28.